The van der Waals surface area contributed by atoms with E-state index in [1.807, 2.05) is 31.2 Å². The molecule has 1 heterocycles. The van der Waals surface area contributed by atoms with Crippen LogP contribution in [0.4, 0.5) is 17.1 Å². The number of ether oxygens (including phenoxy) is 1. The van der Waals surface area contributed by atoms with Gasteiger partial charge < -0.3 is 20.3 Å². The van der Waals surface area contributed by atoms with E-state index in [4.69, 9.17) is 4.74 Å². The molecule has 164 valence electrons. The van der Waals surface area contributed by atoms with Crippen LogP contribution in [0.25, 0.3) is 0 Å². The summed E-state index contributed by atoms with van der Waals surface area (Å²) in [5.41, 5.74) is 2.57. The van der Waals surface area contributed by atoms with E-state index in [9.17, 15) is 14.4 Å². The summed E-state index contributed by atoms with van der Waals surface area (Å²) < 4.78 is 5.13. The van der Waals surface area contributed by atoms with Gasteiger partial charge in [0.1, 0.15) is 0 Å². The summed E-state index contributed by atoms with van der Waals surface area (Å²) in [7, 11) is 0. The van der Waals surface area contributed by atoms with Crippen molar-refractivity contribution in [2.45, 2.75) is 43.9 Å². The lowest BCUT2D eigenvalue weighted by Gasteiger charge is -2.27. The Hall–Kier alpha value is -3.00. The Kier molecular flexibility index (Phi) is 7.22. The second kappa shape index (κ2) is 9.87. The van der Waals surface area contributed by atoms with Crippen molar-refractivity contribution >= 4 is 46.6 Å². The fourth-order valence-electron chi connectivity index (χ4n) is 3.33. The van der Waals surface area contributed by atoms with Crippen LogP contribution in [0.3, 0.4) is 0 Å². The number of rotatable bonds is 7. The van der Waals surface area contributed by atoms with Gasteiger partial charge in [0.05, 0.1) is 16.5 Å². The Labute approximate surface area is 186 Å². The smallest absolute Gasteiger partial charge is 0.338 e. The summed E-state index contributed by atoms with van der Waals surface area (Å²) in [4.78, 5) is 39.5. The molecule has 1 aliphatic rings. The van der Waals surface area contributed by atoms with Crippen molar-refractivity contribution < 1.29 is 19.1 Å². The van der Waals surface area contributed by atoms with Crippen molar-refractivity contribution in [1.82, 2.24) is 0 Å². The maximum absolute atomic E-state index is 12.3. The number of anilines is 3. The minimum absolute atomic E-state index is 0.108. The Morgan fingerprint density at radius 3 is 2.55 bits per heavy atom. The summed E-state index contributed by atoms with van der Waals surface area (Å²) in [5.74, 6) is -1.15. The third kappa shape index (κ3) is 5.58. The number of carbonyl (C=O) groups is 3. The van der Waals surface area contributed by atoms with Gasteiger partial charge in [0.25, 0.3) is 5.91 Å². The van der Waals surface area contributed by atoms with Crippen LogP contribution in [-0.4, -0.2) is 42.2 Å². The van der Waals surface area contributed by atoms with Crippen molar-refractivity contribution in [2.75, 3.05) is 28.7 Å². The number of carbonyl (C=O) groups excluding carboxylic acids is 3. The van der Waals surface area contributed by atoms with Crippen molar-refractivity contribution in [3.63, 3.8) is 0 Å². The summed E-state index contributed by atoms with van der Waals surface area (Å²) in [6.45, 7) is 8.67. The molecule has 7 nitrogen and oxygen atoms in total. The van der Waals surface area contributed by atoms with Gasteiger partial charge in [-0.2, -0.15) is 0 Å². The van der Waals surface area contributed by atoms with Gasteiger partial charge in [-0.15, -0.1) is 11.8 Å². The topological polar surface area (TPSA) is 87.7 Å². The lowest BCUT2D eigenvalue weighted by molar-refractivity contribution is -0.119. The molecule has 0 fully saturated rings. The van der Waals surface area contributed by atoms with E-state index < -0.39 is 18.5 Å². The van der Waals surface area contributed by atoms with Crippen molar-refractivity contribution in [3.8, 4) is 0 Å². The molecule has 3 rings (SSSR count). The van der Waals surface area contributed by atoms with Gasteiger partial charge in [-0.05, 0) is 70.2 Å². The number of fused-ring (bicyclic) bond motifs is 1. The van der Waals surface area contributed by atoms with Gasteiger partial charge in [-0.3, -0.25) is 9.59 Å². The van der Waals surface area contributed by atoms with Gasteiger partial charge in [-0.25, -0.2) is 4.79 Å². The van der Waals surface area contributed by atoms with Gasteiger partial charge in [0, 0.05) is 28.9 Å². The molecular weight excluding hydrogens is 414 g/mol. The van der Waals surface area contributed by atoms with Crippen LogP contribution in [0.5, 0.6) is 0 Å². The molecule has 0 saturated heterocycles. The second-order valence-corrected chi connectivity index (χ2v) is 8.89. The quantitative estimate of drug-likeness (QED) is 0.628. The Morgan fingerprint density at radius 2 is 1.90 bits per heavy atom. The number of nitrogens with zero attached hydrogens (tertiary/aromatic N) is 1. The first-order valence-electron chi connectivity index (χ1n) is 10.2. The van der Waals surface area contributed by atoms with E-state index in [1.54, 1.807) is 18.2 Å². The highest BCUT2D eigenvalue weighted by Crippen LogP contribution is 2.36. The first kappa shape index (κ1) is 22.7. The summed E-state index contributed by atoms with van der Waals surface area (Å²) in [5, 5.41) is 5.32. The lowest BCUT2D eigenvalue weighted by Crippen LogP contribution is -2.30. The van der Waals surface area contributed by atoms with E-state index in [0.29, 0.717) is 17.4 Å². The molecule has 2 aromatic rings. The first-order chi connectivity index (χ1) is 14.8. The van der Waals surface area contributed by atoms with Crippen molar-refractivity contribution in [2.24, 2.45) is 0 Å². The monoisotopic (exact) mass is 441 g/mol. The molecule has 31 heavy (non-hydrogen) atoms. The predicted molar refractivity (Wildman–Crippen MR) is 124 cm³/mol. The zero-order valence-electron chi connectivity index (χ0n) is 18.1. The molecule has 2 N–H and O–H groups in total. The molecule has 0 radical (unpaired) electrons. The third-order valence-electron chi connectivity index (χ3n) is 4.93. The number of hydrogen-bond donors (Lipinski definition) is 2. The molecular formula is C23H27N3O4S. The van der Waals surface area contributed by atoms with Crippen LogP contribution in [0.1, 0.15) is 38.1 Å². The normalized spacial score (nSPS) is 15.1. The van der Waals surface area contributed by atoms with E-state index in [1.165, 1.54) is 11.8 Å². The lowest BCUT2D eigenvalue weighted by atomic mass is 10.2. The maximum atomic E-state index is 12.3. The molecule has 2 amide bonds. The molecule has 2 aromatic carbocycles. The van der Waals surface area contributed by atoms with E-state index in [0.717, 1.165) is 17.1 Å². The number of thioether (sulfide) groups is 1. The van der Waals surface area contributed by atoms with Crippen LogP contribution >= 0.6 is 11.8 Å². The van der Waals surface area contributed by atoms with Gasteiger partial charge in [0.15, 0.2) is 6.61 Å². The van der Waals surface area contributed by atoms with Crippen molar-refractivity contribution in [3.05, 3.63) is 48.0 Å². The Morgan fingerprint density at radius 1 is 1.19 bits per heavy atom. The van der Waals surface area contributed by atoms with E-state index in [2.05, 4.69) is 36.3 Å². The zero-order valence-corrected chi connectivity index (χ0v) is 18.9. The zero-order chi connectivity index (χ0) is 22.5. The molecule has 0 saturated carbocycles. The average molecular weight is 442 g/mol. The van der Waals surface area contributed by atoms with E-state index >= 15 is 0 Å². The van der Waals surface area contributed by atoms with Crippen LogP contribution in [0.15, 0.2) is 47.4 Å². The fourth-order valence-corrected chi connectivity index (χ4v) is 4.26. The summed E-state index contributed by atoms with van der Waals surface area (Å²) in [6, 6.07) is 12.9. The number of nitrogens with one attached hydrogen (secondary N) is 2. The van der Waals surface area contributed by atoms with Crippen molar-refractivity contribution in [1.29, 1.82) is 0 Å². The SMILES string of the molecule is CCN(c1ccc(NC(=O)COC(=O)c2ccc3c(c2)NC(=O)C(C)S3)cc1)C(C)C. The highest BCUT2D eigenvalue weighted by Gasteiger charge is 2.24. The van der Waals surface area contributed by atoms with Crippen LogP contribution in [0, 0.1) is 0 Å². The molecule has 1 unspecified atom stereocenters. The predicted octanol–water partition coefficient (Wildman–Crippen LogP) is 4.15. The molecule has 8 heteroatoms. The second-order valence-electron chi connectivity index (χ2n) is 7.51. The van der Waals surface area contributed by atoms with Crippen LogP contribution in [-0.2, 0) is 14.3 Å². The van der Waals surface area contributed by atoms with Gasteiger partial charge in [-0.1, -0.05) is 0 Å². The average Bonchev–Trinajstić information content (AvgIpc) is 2.74. The molecule has 1 aliphatic heterocycles. The van der Waals surface area contributed by atoms with Gasteiger partial charge in [0.2, 0.25) is 5.91 Å². The minimum Gasteiger partial charge on any atom is -0.452 e. The molecule has 0 bridgehead atoms. The standard InChI is InChI=1S/C23H27N3O4S/c1-5-26(14(2)3)18-9-7-17(8-10-18)24-21(27)13-30-23(29)16-6-11-20-19(12-16)25-22(28)15(4)31-20/h6-12,14-15H,5,13H2,1-4H3,(H,24,27)(H,25,28). The number of esters is 1. The largest absolute Gasteiger partial charge is 0.452 e. The molecule has 0 aromatic heterocycles. The fraction of sp³-hybridized carbons (Fsp3) is 0.348. The van der Waals surface area contributed by atoms with Crippen LogP contribution < -0.4 is 15.5 Å². The first-order valence-corrected chi connectivity index (χ1v) is 11.1. The minimum atomic E-state index is -0.623. The maximum Gasteiger partial charge on any atom is 0.338 e. The van der Waals surface area contributed by atoms with Gasteiger partial charge >= 0.3 is 5.97 Å². The highest BCUT2D eigenvalue weighted by atomic mass is 32.2. The highest BCUT2D eigenvalue weighted by molar-refractivity contribution is 8.00. The van der Waals surface area contributed by atoms with E-state index in [-0.39, 0.29) is 16.7 Å². The number of amides is 2. The molecule has 1 atom stereocenters. The Balaban J connectivity index is 1.54. The number of hydrogen-bond acceptors (Lipinski definition) is 6. The molecule has 0 aliphatic carbocycles. The summed E-state index contributed by atoms with van der Waals surface area (Å²) >= 11 is 1.43. The van der Waals surface area contributed by atoms with Crippen LogP contribution in [0.2, 0.25) is 0 Å². The Bertz CT molecular complexity index is 975. The summed E-state index contributed by atoms with van der Waals surface area (Å²) in [6.07, 6.45) is 0. The molecule has 0 spiro atoms. The number of benzene rings is 2. The third-order valence-corrected chi connectivity index (χ3v) is 6.10.